The van der Waals surface area contributed by atoms with Crippen LogP contribution in [-0.4, -0.2) is 41.9 Å². The second-order valence-electron chi connectivity index (χ2n) is 6.20. The maximum absolute atomic E-state index is 10.2. The Morgan fingerprint density at radius 1 is 0.960 bits per heavy atom. The van der Waals surface area contributed by atoms with Gasteiger partial charge in [-0.1, -0.05) is 42.5 Å². The van der Waals surface area contributed by atoms with Crippen molar-refractivity contribution in [2.24, 2.45) is 0 Å². The number of aryl methyl sites for hydroxylation is 1. The van der Waals surface area contributed by atoms with Gasteiger partial charge in [-0.15, -0.1) is 0 Å². The van der Waals surface area contributed by atoms with Gasteiger partial charge in [0.2, 0.25) is 0 Å². The van der Waals surface area contributed by atoms with Crippen LogP contribution < -0.4 is 4.74 Å². The predicted molar refractivity (Wildman–Crippen MR) is 93.2 cm³/mol. The molecule has 2 aromatic carbocycles. The van der Waals surface area contributed by atoms with Crippen LogP contribution in [0.3, 0.4) is 0 Å². The molecular formula is C20H24O5. The average Bonchev–Trinajstić information content (AvgIpc) is 2.93. The number of benzene rings is 2. The summed E-state index contributed by atoms with van der Waals surface area (Å²) in [7, 11) is 1.62. The maximum atomic E-state index is 10.2. The van der Waals surface area contributed by atoms with E-state index in [0.29, 0.717) is 13.0 Å². The third-order valence-electron chi connectivity index (χ3n) is 4.47. The predicted octanol–water partition coefficient (Wildman–Crippen LogP) is 2.29. The Bertz CT molecular complexity index is 643. The monoisotopic (exact) mass is 344 g/mol. The summed E-state index contributed by atoms with van der Waals surface area (Å²) in [6.45, 7) is 0.337. The molecule has 0 radical (unpaired) electrons. The van der Waals surface area contributed by atoms with Gasteiger partial charge in [-0.3, -0.25) is 0 Å². The third-order valence-corrected chi connectivity index (χ3v) is 4.47. The Morgan fingerprint density at radius 3 is 2.36 bits per heavy atom. The lowest BCUT2D eigenvalue weighted by Crippen LogP contribution is -2.35. The van der Waals surface area contributed by atoms with Gasteiger partial charge >= 0.3 is 0 Å². The van der Waals surface area contributed by atoms with Gasteiger partial charge < -0.3 is 24.4 Å². The van der Waals surface area contributed by atoms with E-state index in [-0.39, 0.29) is 6.10 Å². The summed E-state index contributed by atoms with van der Waals surface area (Å²) in [5.41, 5.74) is 2.16. The Kier molecular flexibility index (Phi) is 6.04. The first-order valence-electron chi connectivity index (χ1n) is 8.47. The first-order chi connectivity index (χ1) is 12.2. The molecule has 0 aromatic heterocycles. The minimum atomic E-state index is -1.21. The number of ether oxygens (including phenoxy) is 3. The minimum absolute atomic E-state index is 0.337. The molecule has 0 amide bonds. The normalized spacial score (nSPS) is 25.9. The summed E-state index contributed by atoms with van der Waals surface area (Å²) >= 11 is 0. The lowest BCUT2D eigenvalue weighted by molar-refractivity contribution is -0.128. The Labute approximate surface area is 147 Å². The lowest BCUT2D eigenvalue weighted by atomic mass is 10.0. The fourth-order valence-electron chi connectivity index (χ4n) is 3.03. The topological polar surface area (TPSA) is 68.2 Å². The fourth-order valence-corrected chi connectivity index (χ4v) is 3.03. The SMILES string of the molecule is COc1ccc(COC2C(O)[C@@H](O)O[C@@H]2CCc2ccccc2)cc1. The minimum Gasteiger partial charge on any atom is -0.497 e. The molecule has 25 heavy (non-hydrogen) atoms. The quantitative estimate of drug-likeness (QED) is 0.807. The standard InChI is InChI=1S/C20H24O5/c1-23-16-10-7-15(8-11-16)13-24-19-17(25-20(22)18(19)21)12-9-14-5-3-2-4-6-14/h2-8,10-11,17-22H,9,12-13H2,1H3/t17-,18?,19?,20+/m1/s1. The molecule has 1 aliphatic rings. The fraction of sp³-hybridized carbons (Fsp3) is 0.400. The van der Waals surface area contributed by atoms with E-state index in [1.807, 2.05) is 42.5 Å². The maximum Gasteiger partial charge on any atom is 0.183 e. The van der Waals surface area contributed by atoms with Crippen LogP contribution in [0.5, 0.6) is 5.75 Å². The van der Waals surface area contributed by atoms with Crippen molar-refractivity contribution in [1.29, 1.82) is 0 Å². The molecule has 0 aliphatic carbocycles. The Morgan fingerprint density at radius 2 is 1.68 bits per heavy atom. The lowest BCUT2D eigenvalue weighted by Gasteiger charge is -2.20. The van der Waals surface area contributed by atoms with Crippen LogP contribution >= 0.6 is 0 Å². The van der Waals surface area contributed by atoms with E-state index in [4.69, 9.17) is 14.2 Å². The number of rotatable bonds is 7. The molecule has 1 fully saturated rings. The molecular weight excluding hydrogens is 320 g/mol. The van der Waals surface area contributed by atoms with Gasteiger partial charge in [0.25, 0.3) is 0 Å². The highest BCUT2D eigenvalue weighted by Gasteiger charge is 2.43. The van der Waals surface area contributed by atoms with E-state index >= 15 is 0 Å². The van der Waals surface area contributed by atoms with E-state index < -0.39 is 18.5 Å². The number of hydrogen-bond acceptors (Lipinski definition) is 5. The summed E-state index contributed by atoms with van der Waals surface area (Å²) in [6.07, 6.45) is -1.68. The van der Waals surface area contributed by atoms with E-state index in [9.17, 15) is 10.2 Å². The Hall–Kier alpha value is -1.92. The van der Waals surface area contributed by atoms with Gasteiger partial charge in [-0.05, 0) is 36.1 Å². The van der Waals surface area contributed by atoms with Crippen LogP contribution in [0.15, 0.2) is 54.6 Å². The summed E-state index contributed by atoms with van der Waals surface area (Å²) < 4.78 is 16.5. The van der Waals surface area contributed by atoms with Gasteiger partial charge in [0.05, 0.1) is 19.8 Å². The molecule has 0 spiro atoms. The van der Waals surface area contributed by atoms with Crippen LogP contribution in [0.1, 0.15) is 17.5 Å². The molecule has 5 heteroatoms. The van der Waals surface area contributed by atoms with E-state index in [1.165, 1.54) is 5.56 Å². The molecule has 2 aromatic rings. The van der Waals surface area contributed by atoms with Crippen molar-refractivity contribution < 1.29 is 24.4 Å². The number of aliphatic hydroxyl groups excluding tert-OH is 2. The van der Waals surface area contributed by atoms with Gasteiger partial charge in [0.1, 0.15) is 18.0 Å². The molecule has 2 unspecified atom stereocenters. The second-order valence-corrected chi connectivity index (χ2v) is 6.20. The van der Waals surface area contributed by atoms with Crippen molar-refractivity contribution in [3.05, 3.63) is 65.7 Å². The van der Waals surface area contributed by atoms with Crippen molar-refractivity contribution in [3.63, 3.8) is 0 Å². The molecule has 3 rings (SSSR count). The van der Waals surface area contributed by atoms with Crippen LogP contribution in [0, 0.1) is 0 Å². The summed E-state index contributed by atoms with van der Waals surface area (Å²) in [4.78, 5) is 0. The third kappa shape index (κ3) is 4.58. The van der Waals surface area contributed by atoms with Gasteiger partial charge in [0.15, 0.2) is 6.29 Å². The van der Waals surface area contributed by atoms with Crippen molar-refractivity contribution in [2.45, 2.75) is 44.1 Å². The Balaban J connectivity index is 1.58. The van der Waals surface area contributed by atoms with E-state index in [1.54, 1.807) is 7.11 Å². The highest BCUT2D eigenvalue weighted by molar-refractivity contribution is 5.26. The largest absolute Gasteiger partial charge is 0.497 e. The summed E-state index contributed by atoms with van der Waals surface area (Å²) in [6, 6.07) is 17.6. The zero-order valence-corrected chi connectivity index (χ0v) is 14.2. The highest BCUT2D eigenvalue weighted by atomic mass is 16.7. The number of aliphatic hydroxyl groups is 2. The van der Waals surface area contributed by atoms with Crippen molar-refractivity contribution in [1.82, 2.24) is 0 Å². The first-order valence-corrected chi connectivity index (χ1v) is 8.47. The second kappa shape index (κ2) is 8.45. The average molecular weight is 344 g/mol. The van der Waals surface area contributed by atoms with Crippen molar-refractivity contribution in [3.8, 4) is 5.75 Å². The van der Waals surface area contributed by atoms with Gasteiger partial charge in [0, 0.05) is 0 Å². The van der Waals surface area contributed by atoms with Crippen LogP contribution in [0.2, 0.25) is 0 Å². The van der Waals surface area contributed by atoms with Gasteiger partial charge in [-0.25, -0.2) is 0 Å². The van der Waals surface area contributed by atoms with Gasteiger partial charge in [-0.2, -0.15) is 0 Å². The molecule has 1 heterocycles. The molecule has 2 N–H and O–H groups in total. The highest BCUT2D eigenvalue weighted by Crippen LogP contribution is 2.27. The molecule has 0 saturated carbocycles. The molecule has 0 bridgehead atoms. The summed E-state index contributed by atoms with van der Waals surface area (Å²) in [5.74, 6) is 0.782. The van der Waals surface area contributed by atoms with Crippen molar-refractivity contribution in [2.75, 3.05) is 7.11 Å². The van der Waals surface area contributed by atoms with E-state index in [0.717, 1.165) is 17.7 Å². The smallest absolute Gasteiger partial charge is 0.183 e. The molecule has 134 valence electrons. The van der Waals surface area contributed by atoms with Crippen LogP contribution in [0.25, 0.3) is 0 Å². The van der Waals surface area contributed by atoms with E-state index in [2.05, 4.69) is 12.1 Å². The zero-order chi connectivity index (χ0) is 17.6. The number of methoxy groups -OCH3 is 1. The van der Waals surface area contributed by atoms with Crippen LogP contribution in [0.4, 0.5) is 0 Å². The first kappa shape index (κ1) is 17.9. The number of hydrogen-bond donors (Lipinski definition) is 2. The van der Waals surface area contributed by atoms with Crippen LogP contribution in [-0.2, 0) is 22.5 Å². The molecule has 4 atom stereocenters. The van der Waals surface area contributed by atoms with Crippen molar-refractivity contribution >= 4 is 0 Å². The molecule has 1 aliphatic heterocycles. The molecule has 5 nitrogen and oxygen atoms in total. The summed E-state index contributed by atoms with van der Waals surface area (Å²) in [5, 5.41) is 20.0. The molecule has 1 saturated heterocycles. The zero-order valence-electron chi connectivity index (χ0n) is 14.2.